The lowest BCUT2D eigenvalue weighted by atomic mass is 10.1. The maximum atomic E-state index is 13.2. The predicted molar refractivity (Wildman–Crippen MR) is 47.9 cm³/mol. The molecule has 0 spiro atoms. The van der Waals surface area contributed by atoms with Gasteiger partial charge in [0.05, 0.1) is 11.4 Å². The second kappa shape index (κ2) is 2.87. The number of hydrogen-bond acceptors (Lipinski definition) is 2. The van der Waals surface area contributed by atoms with E-state index in [1.165, 1.54) is 6.07 Å². The quantitative estimate of drug-likeness (QED) is 0.645. The second-order valence-electron chi connectivity index (χ2n) is 3.21. The first-order valence-corrected chi connectivity index (χ1v) is 4.17. The van der Waals surface area contributed by atoms with Crippen LogP contribution in [0.4, 0.5) is 20.2 Å². The summed E-state index contributed by atoms with van der Waals surface area (Å²) in [5.74, 6) is -1.63. The van der Waals surface area contributed by atoms with E-state index in [9.17, 15) is 8.78 Å². The van der Waals surface area contributed by atoms with Gasteiger partial charge in [-0.15, -0.1) is 0 Å². The topological polar surface area (TPSA) is 24.1 Å². The molecule has 0 radical (unpaired) electrons. The zero-order valence-corrected chi connectivity index (χ0v) is 7.20. The van der Waals surface area contributed by atoms with Crippen molar-refractivity contribution in [1.29, 1.82) is 0 Å². The van der Waals surface area contributed by atoms with Gasteiger partial charge in [-0.05, 0) is 19.1 Å². The SMILES string of the molecule is CC1CNc2ccc(F)c(F)c2N1. The van der Waals surface area contributed by atoms with Gasteiger partial charge in [-0.25, -0.2) is 8.78 Å². The van der Waals surface area contributed by atoms with Crippen molar-refractivity contribution in [2.24, 2.45) is 0 Å². The third-order valence-corrected chi connectivity index (χ3v) is 2.08. The number of fused-ring (bicyclic) bond motifs is 1. The molecule has 1 heterocycles. The summed E-state index contributed by atoms with van der Waals surface area (Å²) in [7, 11) is 0. The number of nitrogens with one attached hydrogen (secondary N) is 2. The largest absolute Gasteiger partial charge is 0.381 e. The zero-order chi connectivity index (χ0) is 9.42. The number of benzene rings is 1. The first kappa shape index (κ1) is 8.29. The average molecular weight is 184 g/mol. The lowest BCUT2D eigenvalue weighted by Crippen LogP contribution is -2.30. The first-order chi connectivity index (χ1) is 6.18. The minimum atomic E-state index is -0.817. The summed E-state index contributed by atoms with van der Waals surface area (Å²) in [6.07, 6.45) is 0. The molecule has 0 bridgehead atoms. The van der Waals surface area contributed by atoms with E-state index >= 15 is 0 Å². The summed E-state index contributed by atoms with van der Waals surface area (Å²) in [5, 5.41) is 5.90. The molecule has 1 aromatic carbocycles. The van der Waals surface area contributed by atoms with Crippen LogP contribution in [0, 0.1) is 11.6 Å². The Balaban J connectivity index is 2.48. The van der Waals surface area contributed by atoms with Gasteiger partial charge < -0.3 is 10.6 Å². The molecule has 13 heavy (non-hydrogen) atoms. The van der Waals surface area contributed by atoms with Gasteiger partial charge in [-0.1, -0.05) is 0 Å². The van der Waals surface area contributed by atoms with Gasteiger partial charge in [0, 0.05) is 12.6 Å². The Morgan fingerprint density at radius 3 is 2.92 bits per heavy atom. The summed E-state index contributed by atoms with van der Waals surface area (Å²) in [6, 6.07) is 2.77. The van der Waals surface area contributed by atoms with Gasteiger partial charge in [0.2, 0.25) is 0 Å². The zero-order valence-electron chi connectivity index (χ0n) is 7.20. The maximum Gasteiger partial charge on any atom is 0.183 e. The van der Waals surface area contributed by atoms with Crippen molar-refractivity contribution in [2.45, 2.75) is 13.0 Å². The summed E-state index contributed by atoms with van der Waals surface area (Å²) in [5.41, 5.74) is 0.857. The third kappa shape index (κ3) is 1.32. The van der Waals surface area contributed by atoms with Crippen LogP contribution in [0.3, 0.4) is 0 Å². The van der Waals surface area contributed by atoms with Gasteiger partial charge in [0.15, 0.2) is 11.6 Å². The number of hydrogen-bond donors (Lipinski definition) is 2. The van der Waals surface area contributed by atoms with Crippen LogP contribution < -0.4 is 10.6 Å². The monoisotopic (exact) mass is 184 g/mol. The molecular formula is C9H10F2N2. The smallest absolute Gasteiger partial charge is 0.183 e. The molecule has 1 atom stereocenters. The van der Waals surface area contributed by atoms with E-state index in [4.69, 9.17) is 0 Å². The first-order valence-electron chi connectivity index (χ1n) is 4.17. The minimum Gasteiger partial charge on any atom is -0.381 e. The normalized spacial score (nSPS) is 20.1. The van der Waals surface area contributed by atoms with E-state index in [-0.39, 0.29) is 11.7 Å². The van der Waals surface area contributed by atoms with E-state index in [1.54, 1.807) is 0 Å². The van der Waals surface area contributed by atoms with Gasteiger partial charge >= 0.3 is 0 Å². The van der Waals surface area contributed by atoms with E-state index in [0.29, 0.717) is 5.69 Å². The van der Waals surface area contributed by atoms with Gasteiger partial charge in [0.25, 0.3) is 0 Å². The summed E-state index contributed by atoms with van der Waals surface area (Å²) in [4.78, 5) is 0. The number of rotatable bonds is 0. The maximum absolute atomic E-state index is 13.2. The Morgan fingerprint density at radius 2 is 2.15 bits per heavy atom. The van der Waals surface area contributed by atoms with Crippen molar-refractivity contribution in [1.82, 2.24) is 0 Å². The van der Waals surface area contributed by atoms with Crippen LogP contribution in [0.1, 0.15) is 6.92 Å². The molecule has 1 aliphatic heterocycles. The Morgan fingerprint density at radius 1 is 1.38 bits per heavy atom. The molecule has 0 saturated carbocycles. The predicted octanol–water partition coefficient (Wildman–Crippen LogP) is 2.19. The number of anilines is 2. The molecule has 0 saturated heterocycles. The van der Waals surface area contributed by atoms with Crippen molar-refractivity contribution in [3.05, 3.63) is 23.8 Å². The van der Waals surface area contributed by atoms with Crippen molar-refractivity contribution in [3.63, 3.8) is 0 Å². The Labute approximate surface area is 75.0 Å². The molecule has 0 aromatic heterocycles. The third-order valence-electron chi connectivity index (χ3n) is 2.08. The van der Waals surface area contributed by atoms with Crippen molar-refractivity contribution in [3.8, 4) is 0 Å². The highest BCUT2D eigenvalue weighted by Gasteiger charge is 2.19. The van der Waals surface area contributed by atoms with E-state index in [1.807, 2.05) is 6.92 Å². The molecule has 0 aliphatic carbocycles. The molecule has 1 aliphatic rings. The summed E-state index contributed by atoms with van der Waals surface area (Å²) < 4.78 is 26.0. The van der Waals surface area contributed by atoms with Crippen LogP contribution in [0.25, 0.3) is 0 Å². The molecule has 4 heteroatoms. The van der Waals surface area contributed by atoms with Crippen molar-refractivity contribution in [2.75, 3.05) is 17.2 Å². The van der Waals surface area contributed by atoms with Crippen LogP contribution in [-0.4, -0.2) is 12.6 Å². The standard InChI is InChI=1S/C9H10F2N2/c1-5-4-12-7-3-2-6(10)8(11)9(7)13-5/h2-3,5,12-13H,4H2,1H3. The minimum absolute atomic E-state index is 0.115. The van der Waals surface area contributed by atoms with Crippen LogP contribution in [0.5, 0.6) is 0 Å². The van der Waals surface area contributed by atoms with Gasteiger partial charge in [0.1, 0.15) is 0 Å². The fraction of sp³-hybridized carbons (Fsp3) is 0.333. The highest BCUT2D eigenvalue weighted by Crippen LogP contribution is 2.30. The Kier molecular flexibility index (Phi) is 1.83. The second-order valence-corrected chi connectivity index (χ2v) is 3.21. The van der Waals surface area contributed by atoms with Gasteiger partial charge in [-0.2, -0.15) is 0 Å². The molecule has 0 fully saturated rings. The van der Waals surface area contributed by atoms with Crippen LogP contribution >= 0.6 is 0 Å². The average Bonchev–Trinajstić information content (AvgIpc) is 2.12. The molecule has 0 amide bonds. The highest BCUT2D eigenvalue weighted by molar-refractivity contribution is 5.71. The molecule has 2 nitrogen and oxygen atoms in total. The van der Waals surface area contributed by atoms with E-state index in [2.05, 4.69) is 10.6 Å². The lowest BCUT2D eigenvalue weighted by molar-refractivity contribution is 0.509. The molecule has 2 rings (SSSR count). The molecular weight excluding hydrogens is 174 g/mol. The molecule has 1 aromatic rings. The Bertz CT molecular complexity index is 339. The van der Waals surface area contributed by atoms with E-state index < -0.39 is 11.6 Å². The number of halogens is 2. The van der Waals surface area contributed by atoms with Gasteiger partial charge in [-0.3, -0.25) is 0 Å². The molecule has 70 valence electrons. The fourth-order valence-corrected chi connectivity index (χ4v) is 1.40. The highest BCUT2D eigenvalue weighted by atomic mass is 19.2. The molecule has 1 unspecified atom stereocenters. The van der Waals surface area contributed by atoms with E-state index in [0.717, 1.165) is 12.6 Å². The summed E-state index contributed by atoms with van der Waals surface area (Å²) >= 11 is 0. The Hall–Kier alpha value is -1.32. The van der Waals surface area contributed by atoms with Crippen LogP contribution in [-0.2, 0) is 0 Å². The van der Waals surface area contributed by atoms with Crippen molar-refractivity contribution >= 4 is 11.4 Å². The summed E-state index contributed by atoms with van der Waals surface area (Å²) in [6.45, 7) is 2.62. The lowest BCUT2D eigenvalue weighted by Gasteiger charge is -2.25. The fourth-order valence-electron chi connectivity index (χ4n) is 1.40. The van der Waals surface area contributed by atoms with Crippen LogP contribution in [0.15, 0.2) is 12.1 Å². The van der Waals surface area contributed by atoms with Crippen molar-refractivity contribution < 1.29 is 8.78 Å². The van der Waals surface area contributed by atoms with Crippen LogP contribution in [0.2, 0.25) is 0 Å². The molecule has 2 N–H and O–H groups in total.